The molecule has 1 aliphatic heterocycles. The number of benzene rings is 2. The second-order valence-corrected chi connectivity index (χ2v) is 6.85. The highest BCUT2D eigenvalue weighted by Crippen LogP contribution is 2.30. The fourth-order valence-electron chi connectivity index (χ4n) is 2.83. The first kappa shape index (κ1) is 20.2. The van der Waals surface area contributed by atoms with Crippen molar-refractivity contribution >= 4 is 29.0 Å². The van der Waals surface area contributed by atoms with Crippen molar-refractivity contribution in [3.63, 3.8) is 0 Å². The van der Waals surface area contributed by atoms with E-state index >= 15 is 0 Å². The number of ether oxygens (including phenoxy) is 2. The van der Waals surface area contributed by atoms with Gasteiger partial charge in [0.15, 0.2) is 0 Å². The largest absolute Gasteiger partial charge is 0.492 e. The Kier molecular flexibility index (Phi) is 6.95. The molecule has 28 heavy (non-hydrogen) atoms. The number of amides is 2. The van der Waals surface area contributed by atoms with Gasteiger partial charge in [0, 0.05) is 25.2 Å². The Labute approximate surface area is 168 Å². The minimum absolute atomic E-state index is 0.264. The van der Waals surface area contributed by atoms with Gasteiger partial charge in [-0.3, -0.25) is 0 Å². The van der Waals surface area contributed by atoms with Crippen LogP contribution >= 0.6 is 11.6 Å². The van der Waals surface area contributed by atoms with Crippen molar-refractivity contribution in [3.05, 3.63) is 53.3 Å². The van der Waals surface area contributed by atoms with Gasteiger partial charge in [-0.15, -0.1) is 0 Å². The fourth-order valence-corrected chi connectivity index (χ4v) is 3.00. The van der Waals surface area contributed by atoms with Crippen LogP contribution in [0.15, 0.2) is 42.5 Å². The Morgan fingerprint density at radius 3 is 2.68 bits per heavy atom. The Bertz CT molecular complexity index is 798. The number of rotatable bonds is 6. The molecule has 0 spiro atoms. The van der Waals surface area contributed by atoms with Crippen molar-refractivity contribution in [2.24, 2.45) is 0 Å². The lowest BCUT2D eigenvalue weighted by Crippen LogP contribution is -2.38. The summed E-state index contributed by atoms with van der Waals surface area (Å²) >= 11 is 6.13. The van der Waals surface area contributed by atoms with Gasteiger partial charge in [-0.25, -0.2) is 9.18 Å². The molecule has 6 nitrogen and oxygen atoms in total. The molecular formula is C20H23ClFN3O3. The van der Waals surface area contributed by atoms with Gasteiger partial charge in [-0.05, 0) is 42.5 Å². The predicted octanol–water partition coefficient (Wildman–Crippen LogP) is 3.86. The smallest absolute Gasteiger partial charge is 0.321 e. The van der Waals surface area contributed by atoms with E-state index in [1.165, 1.54) is 17.0 Å². The van der Waals surface area contributed by atoms with Crippen LogP contribution in [-0.4, -0.2) is 57.4 Å². The molecule has 3 rings (SSSR count). The van der Waals surface area contributed by atoms with E-state index in [0.717, 1.165) is 18.8 Å². The van der Waals surface area contributed by atoms with Crippen molar-refractivity contribution in [2.75, 3.05) is 56.7 Å². The molecule has 0 unspecified atom stereocenters. The van der Waals surface area contributed by atoms with Gasteiger partial charge in [0.25, 0.3) is 0 Å². The maximum Gasteiger partial charge on any atom is 0.321 e. The minimum atomic E-state index is -0.318. The number of hydrogen-bond donors (Lipinski definition) is 1. The van der Waals surface area contributed by atoms with Gasteiger partial charge < -0.3 is 24.6 Å². The molecule has 2 aromatic carbocycles. The van der Waals surface area contributed by atoms with Crippen molar-refractivity contribution in [3.8, 4) is 5.75 Å². The van der Waals surface area contributed by atoms with Crippen molar-refractivity contribution in [1.29, 1.82) is 0 Å². The summed E-state index contributed by atoms with van der Waals surface area (Å²) in [4.78, 5) is 16.3. The Morgan fingerprint density at radius 2 is 1.96 bits per heavy atom. The standard InChI is InChI=1S/C20H23ClFN3O3/c1-24(8-13-28-17-5-3-16(22)4-6-17)20(26)23-18-14-15(21)2-7-19(18)25-9-11-27-12-10-25/h2-7,14H,8-13H2,1H3,(H,23,26). The third-order valence-electron chi connectivity index (χ3n) is 4.41. The average Bonchev–Trinajstić information content (AvgIpc) is 2.70. The second kappa shape index (κ2) is 9.61. The quantitative estimate of drug-likeness (QED) is 0.790. The average molecular weight is 408 g/mol. The highest BCUT2D eigenvalue weighted by molar-refractivity contribution is 6.31. The lowest BCUT2D eigenvalue weighted by molar-refractivity contribution is 0.123. The van der Waals surface area contributed by atoms with E-state index < -0.39 is 0 Å². The first-order valence-corrected chi connectivity index (χ1v) is 9.43. The predicted molar refractivity (Wildman–Crippen MR) is 108 cm³/mol. The van der Waals surface area contributed by atoms with Crippen LogP contribution in [0.25, 0.3) is 0 Å². The monoisotopic (exact) mass is 407 g/mol. The van der Waals surface area contributed by atoms with Gasteiger partial charge >= 0.3 is 6.03 Å². The third-order valence-corrected chi connectivity index (χ3v) is 4.64. The van der Waals surface area contributed by atoms with E-state index in [1.807, 2.05) is 12.1 Å². The normalized spacial score (nSPS) is 13.9. The second-order valence-electron chi connectivity index (χ2n) is 6.41. The number of nitrogens with zero attached hydrogens (tertiary/aromatic N) is 2. The number of likely N-dealkylation sites (N-methyl/N-ethyl adjacent to an activating group) is 1. The summed E-state index contributed by atoms with van der Waals surface area (Å²) in [5.74, 6) is 0.237. The molecule has 1 aliphatic rings. The molecule has 0 atom stereocenters. The molecule has 2 aromatic rings. The number of carbonyl (C=O) groups is 1. The van der Waals surface area contributed by atoms with Gasteiger partial charge in [-0.2, -0.15) is 0 Å². The van der Waals surface area contributed by atoms with E-state index in [1.54, 1.807) is 25.2 Å². The van der Waals surface area contributed by atoms with E-state index in [-0.39, 0.29) is 11.8 Å². The zero-order valence-electron chi connectivity index (χ0n) is 15.7. The van der Waals surface area contributed by atoms with Gasteiger partial charge in [0.1, 0.15) is 18.2 Å². The molecule has 0 aromatic heterocycles. The lowest BCUT2D eigenvalue weighted by atomic mass is 10.2. The number of halogens is 2. The van der Waals surface area contributed by atoms with E-state index in [9.17, 15) is 9.18 Å². The number of nitrogens with one attached hydrogen (secondary N) is 1. The molecule has 8 heteroatoms. The molecule has 1 saturated heterocycles. The van der Waals surface area contributed by atoms with Crippen LogP contribution in [0.5, 0.6) is 5.75 Å². The Hall–Kier alpha value is -2.51. The Balaban J connectivity index is 1.57. The summed E-state index contributed by atoms with van der Waals surface area (Å²) < 4.78 is 23.8. The molecule has 0 radical (unpaired) electrons. The number of urea groups is 1. The van der Waals surface area contributed by atoms with E-state index in [2.05, 4.69) is 10.2 Å². The summed E-state index contributed by atoms with van der Waals surface area (Å²) in [6.45, 7) is 3.48. The maximum absolute atomic E-state index is 12.9. The topological polar surface area (TPSA) is 54.0 Å². The fraction of sp³-hybridized carbons (Fsp3) is 0.350. The van der Waals surface area contributed by atoms with Crippen LogP contribution in [0.1, 0.15) is 0 Å². The molecule has 1 fully saturated rings. The molecule has 0 saturated carbocycles. The highest BCUT2D eigenvalue weighted by Gasteiger charge is 2.18. The molecular weight excluding hydrogens is 385 g/mol. The zero-order valence-corrected chi connectivity index (χ0v) is 16.4. The molecule has 2 amide bonds. The molecule has 1 N–H and O–H groups in total. The number of morpholine rings is 1. The SMILES string of the molecule is CN(CCOc1ccc(F)cc1)C(=O)Nc1cc(Cl)ccc1N1CCOCC1. The summed E-state index contributed by atoms with van der Waals surface area (Å²) in [5, 5.41) is 3.47. The van der Waals surface area contributed by atoms with Gasteiger partial charge in [-0.1, -0.05) is 11.6 Å². The lowest BCUT2D eigenvalue weighted by Gasteiger charge is -2.31. The van der Waals surface area contributed by atoms with Crippen LogP contribution < -0.4 is 15.0 Å². The van der Waals surface area contributed by atoms with Crippen LogP contribution in [0, 0.1) is 5.82 Å². The Morgan fingerprint density at radius 1 is 1.25 bits per heavy atom. The molecule has 0 aliphatic carbocycles. The summed E-state index contributed by atoms with van der Waals surface area (Å²) in [6, 6.07) is 11.0. The van der Waals surface area contributed by atoms with E-state index in [0.29, 0.717) is 42.8 Å². The van der Waals surface area contributed by atoms with Crippen LogP contribution in [-0.2, 0) is 4.74 Å². The summed E-state index contributed by atoms with van der Waals surface area (Å²) in [5.41, 5.74) is 1.57. The molecule has 1 heterocycles. The third kappa shape index (κ3) is 5.50. The van der Waals surface area contributed by atoms with Crippen molar-refractivity contribution < 1.29 is 18.7 Å². The molecule has 150 valence electrons. The number of hydrogen-bond acceptors (Lipinski definition) is 4. The van der Waals surface area contributed by atoms with Crippen LogP contribution in [0.4, 0.5) is 20.6 Å². The van der Waals surface area contributed by atoms with Gasteiger partial charge in [0.2, 0.25) is 0 Å². The zero-order chi connectivity index (χ0) is 19.9. The molecule has 0 bridgehead atoms. The first-order valence-electron chi connectivity index (χ1n) is 9.05. The van der Waals surface area contributed by atoms with Gasteiger partial charge in [0.05, 0.1) is 31.1 Å². The van der Waals surface area contributed by atoms with Crippen LogP contribution in [0.3, 0.4) is 0 Å². The summed E-state index contributed by atoms with van der Waals surface area (Å²) in [7, 11) is 1.68. The maximum atomic E-state index is 12.9. The van der Waals surface area contributed by atoms with E-state index in [4.69, 9.17) is 21.1 Å². The van der Waals surface area contributed by atoms with Crippen molar-refractivity contribution in [2.45, 2.75) is 0 Å². The summed E-state index contributed by atoms with van der Waals surface area (Å²) in [6.07, 6.45) is 0. The van der Waals surface area contributed by atoms with Crippen molar-refractivity contribution in [1.82, 2.24) is 4.90 Å². The number of carbonyl (C=O) groups excluding carboxylic acids is 1. The number of anilines is 2. The highest BCUT2D eigenvalue weighted by atomic mass is 35.5. The minimum Gasteiger partial charge on any atom is -0.492 e. The van der Waals surface area contributed by atoms with Crippen LogP contribution in [0.2, 0.25) is 5.02 Å². The first-order chi connectivity index (χ1) is 13.5.